The Kier molecular flexibility index (Phi) is 5.47. The first-order valence-corrected chi connectivity index (χ1v) is 8.02. The zero-order chi connectivity index (χ0) is 18.4. The molecular weight excluding hydrogens is 328 g/mol. The van der Waals surface area contributed by atoms with Gasteiger partial charge in [0.25, 0.3) is 0 Å². The van der Waals surface area contributed by atoms with E-state index in [1.54, 1.807) is 13.3 Å². The van der Waals surface area contributed by atoms with E-state index in [2.05, 4.69) is 22.5 Å². The van der Waals surface area contributed by atoms with Crippen molar-refractivity contribution in [2.24, 2.45) is 0 Å². The number of terminal acetylenes is 1. The smallest absolute Gasteiger partial charge is 0.169 e. The van der Waals surface area contributed by atoms with Gasteiger partial charge in [0.15, 0.2) is 17.3 Å². The predicted molar refractivity (Wildman–Crippen MR) is 101 cm³/mol. The molecule has 0 aliphatic carbocycles. The highest BCUT2D eigenvalue weighted by molar-refractivity contribution is 5.83. The average molecular weight is 346 g/mol. The van der Waals surface area contributed by atoms with E-state index in [1.807, 2.05) is 36.4 Å². The number of hydrogen-bond donors (Lipinski definition) is 0. The largest absolute Gasteiger partial charge is 0.487 e. The van der Waals surface area contributed by atoms with Crippen LogP contribution >= 0.6 is 0 Å². The number of benzene rings is 2. The molecule has 1 heterocycles. The second-order valence-corrected chi connectivity index (χ2v) is 5.40. The molecule has 0 saturated carbocycles. The summed E-state index contributed by atoms with van der Waals surface area (Å²) in [5.74, 6) is 4.33. The van der Waals surface area contributed by atoms with Gasteiger partial charge in [0, 0.05) is 35.9 Å². The predicted octanol–water partition coefficient (Wildman–Crippen LogP) is 3.83. The Bertz CT molecular complexity index is 977. The highest BCUT2D eigenvalue weighted by atomic mass is 16.5. The molecule has 0 bridgehead atoms. The molecule has 5 nitrogen and oxygen atoms in total. The minimum atomic E-state index is 0.400. The molecule has 1 aromatic heterocycles. The highest BCUT2D eigenvalue weighted by Crippen LogP contribution is 2.32. The van der Waals surface area contributed by atoms with E-state index in [-0.39, 0.29) is 0 Å². The van der Waals surface area contributed by atoms with Crippen molar-refractivity contribution in [3.63, 3.8) is 0 Å². The molecule has 0 saturated heterocycles. The lowest BCUT2D eigenvalue weighted by molar-refractivity contribution is 0.145. The first kappa shape index (κ1) is 17.5. The van der Waals surface area contributed by atoms with Crippen LogP contribution in [0.2, 0.25) is 0 Å². The van der Waals surface area contributed by atoms with Gasteiger partial charge in [-0.1, -0.05) is 24.6 Å². The fourth-order valence-electron chi connectivity index (χ4n) is 2.46. The summed E-state index contributed by atoms with van der Waals surface area (Å²) in [6.07, 6.45) is 8.57. The second kappa shape index (κ2) is 8.15. The molecule has 2 aromatic carbocycles. The molecule has 26 heavy (non-hydrogen) atoms. The van der Waals surface area contributed by atoms with Crippen LogP contribution in [-0.2, 0) is 4.74 Å². The normalized spacial score (nSPS) is 10.3. The number of fused-ring (bicyclic) bond motifs is 1. The topological polar surface area (TPSA) is 53.5 Å². The van der Waals surface area contributed by atoms with Gasteiger partial charge >= 0.3 is 0 Å². The molecule has 0 amide bonds. The molecule has 0 unspecified atom stereocenters. The zero-order valence-corrected chi connectivity index (χ0v) is 14.4. The minimum Gasteiger partial charge on any atom is -0.487 e. The van der Waals surface area contributed by atoms with Crippen molar-refractivity contribution in [2.45, 2.75) is 0 Å². The van der Waals surface area contributed by atoms with Gasteiger partial charge < -0.3 is 14.2 Å². The van der Waals surface area contributed by atoms with Gasteiger partial charge in [-0.05, 0) is 18.2 Å². The summed E-state index contributed by atoms with van der Waals surface area (Å²) >= 11 is 0. The second-order valence-electron chi connectivity index (χ2n) is 5.40. The molecule has 130 valence electrons. The van der Waals surface area contributed by atoms with Gasteiger partial charge in [0.2, 0.25) is 0 Å². The van der Waals surface area contributed by atoms with Crippen LogP contribution in [0.3, 0.4) is 0 Å². The average Bonchev–Trinajstić information content (AvgIpc) is 2.68. The van der Waals surface area contributed by atoms with Crippen LogP contribution in [0.1, 0.15) is 5.56 Å². The Hall–Kier alpha value is -3.36. The number of aromatic nitrogens is 2. The van der Waals surface area contributed by atoms with E-state index in [9.17, 15) is 0 Å². The monoisotopic (exact) mass is 346 g/mol. The standard InChI is InChI=1S/C21H18N2O3/c1-4-15-7-6-8-16(11-15)21-22-14-17-12-19(25-5-2)20(13-18(17)23-21)26-10-9-24-3/h1,5-8,11-14H,2,9-10H2,3H3. The van der Waals surface area contributed by atoms with E-state index in [4.69, 9.17) is 20.6 Å². The summed E-state index contributed by atoms with van der Waals surface area (Å²) in [6, 6.07) is 11.2. The van der Waals surface area contributed by atoms with Crippen molar-refractivity contribution in [2.75, 3.05) is 20.3 Å². The van der Waals surface area contributed by atoms with Crippen LogP contribution in [0.4, 0.5) is 0 Å². The molecule has 0 aliphatic heterocycles. The minimum absolute atomic E-state index is 0.400. The molecule has 0 aliphatic rings. The number of methoxy groups -OCH3 is 1. The van der Waals surface area contributed by atoms with Crippen molar-refractivity contribution in [1.29, 1.82) is 0 Å². The molecule has 5 heteroatoms. The Labute approximate surface area is 152 Å². The molecule has 0 atom stereocenters. The quantitative estimate of drug-likeness (QED) is 0.370. The maximum Gasteiger partial charge on any atom is 0.169 e. The molecule has 0 radical (unpaired) electrons. The summed E-state index contributed by atoms with van der Waals surface area (Å²) in [6.45, 7) is 4.47. The lowest BCUT2D eigenvalue weighted by Crippen LogP contribution is -2.05. The van der Waals surface area contributed by atoms with E-state index in [0.29, 0.717) is 30.5 Å². The molecule has 0 N–H and O–H groups in total. The molecule has 3 rings (SSSR count). The number of ether oxygens (including phenoxy) is 3. The third-order valence-corrected chi connectivity index (χ3v) is 3.69. The van der Waals surface area contributed by atoms with E-state index < -0.39 is 0 Å². The Morgan fingerprint density at radius 2 is 2.08 bits per heavy atom. The molecule has 0 fully saturated rings. The third-order valence-electron chi connectivity index (χ3n) is 3.69. The Balaban J connectivity index is 2.03. The first-order chi connectivity index (χ1) is 12.7. The summed E-state index contributed by atoms with van der Waals surface area (Å²) < 4.78 is 16.2. The van der Waals surface area contributed by atoms with Crippen LogP contribution in [0.15, 0.2) is 55.4 Å². The van der Waals surface area contributed by atoms with E-state index in [0.717, 1.165) is 22.0 Å². The summed E-state index contributed by atoms with van der Waals surface area (Å²) in [5, 5.41) is 0.831. The van der Waals surface area contributed by atoms with Crippen LogP contribution in [0.5, 0.6) is 11.5 Å². The maximum atomic E-state index is 5.74. The van der Waals surface area contributed by atoms with Crippen molar-refractivity contribution in [1.82, 2.24) is 9.97 Å². The Morgan fingerprint density at radius 3 is 2.85 bits per heavy atom. The summed E-state index contributed by atoms with van der Waals surface area (Å²) in [7, 11) is 1.62. The first-order valence-electron chi connectivity index (χ1n) is 8.02. The van der Waals surface area contributed by atoms with Crippen LogP contribution in [0.25, 0.3) is 22.3 Å². The van der Waals surface area contributed by atoms with Crippen molar-refractivity contribution >= 4 is 10.9 Å². The van der Waals surface area contributed by atoms with Gasteiger partial charge in [0.05, 0.1) is 18.4 Å². The van der Waals surface area contributed by atoms with Crippen molar-refractivity contribution < 1.29 is 14.2 Å². The molecule has 0 spiro atoms. The third kappa shape index (κ3) is 3.82. The van der Waals surface area contributed by atoms with Gasteiger partial charge in [-0.2, -0.15) is 0 Å². The SMILES string of the molecule is C#Cc1cccc(-c2ncc3cc(OC=C)c(OCCOC)cc3n2)c1. The number of hydrogen-bond acceptors (Lipinski definition) is 5. The number of nitrogens with zero attached hydrogens (tertiary/aromatic N) is 2. The lowest BCUT2D eigenvalue weighted by atomic mass is 10.1. The van der Waals surface area contributed by atoms with Crippen LogP contribution in [0, 0.1) is 12.3 Å². The molecule has 3 aromatic rings. The zero-order valence-electron chi connectivity index (χ0n) is 14.4. The highest BCUT2D eigenvalue weighted by Gasteiger charge is 2.11. The van der Waals surface area contributed by atoms with E-state index in [1.165, 1.54) is 6.26 Å². The van der Waals surface area contributed by atoms with Crippen LogP contribution < -0.4 is 9.47 Å². The summed E-state index contributed by atoms with van der Waals surface area (Å²) in [5.41, 5.74) is 2.38. The van der Waals surface area contributed by atoms with Gasteiger partial charge in [-0.25, -0.2) is 9.97 Å². The van der Waals surface area contributed by atoms with Gasteiger partial charge in [-0.15, -0.1) is 6.42 Å². The van der Waals surface area contributed by atoms with Gasteiger partial charge in [0.1, 0.15) is 6.61 Å². The molecular formula is C21H18N2O3. The van der Waals surface area contributed by atoms with Gasteiger partial charge in [-0.3, -0.25) is 0 Å². The fraction of sp³-hybridized carbons (Fsp3) is 0.143. The van der Waals surface area contributed by atoms with E-state index >= 15 is 0 Å². The maximum absolute atomic E-state index is 5.74. The summed E-state index contributed by atoms with van der Waals surface area (Å²) in [4.78, 5) is 9.08. The van der Waals surface area contributed by atoms with Crippen molar-refractivity contribution in [3.05, 3.63) is 61.0 Å². The van der Waals surface area contributed by atoms with Crippen molar-refractivity contribution in [3.8, 4) is 35.2 Å². The van der Waals surface area contributed by atoms with Crippen LogP contribution in [-0.4, -0.2) is 30.3 Å². The Morgan fingerprint density at radius 1 is 1.19 bits per heavy atom. The lowest BCUT2D eigenvalue weighted by Gasteiger charge is -2.12. The fourth-order valence-corrected chi connectivity index (χ4v) is 2.46. The number of rotatable bonds is 7.